The van der Waals surface area contributed by atoms with Gasteiger partial charge in [-0.15, -0.1) is 0 Å². The van der Waals surface area contributed by atoms with E-state index in [4.69, 9.17) is 10.5 Å². The van der Waals surface area contributed by atoms with Crippen molar-refractivity contribution in [2.45, 2.75) is 13.0 Å². The Morgan fingerprint density at radius 3 is 2.90 bits per heavy atom. The van der Waals surface area contributed by atoms with Gasteiger partial charge in [0.2, 0.25) is 5.91 Å². The monoisotopic (exact) mass is 296 g/mol. The van der Waals surface area contributed by atoms with Crippen LogP contribution < -0.4 is 21.3 Å². The average molecular weight is 296 g/mol. The summed E-state index contributed by atoms with van der Waals surface area (Å²) >= 11 is 0. The summed E-state index contributed by atoms with van der Waals surface area (Å²) in [5.41, 5.74) is 5.09. The molecule has 0 aromatic carbocycles. The second-order valence-electron chi connectivity index (χ2n) is 4.91. The summed E-state index contributed by atoms with van der Waals surface area (Å²) in [5, 5.41) is 2.67. The maximum Gasteiger partial charge on any atom is 0.292 e. The van der Waals surface area contributed by atoms with Crippen LogP contribution in [0.4, 0.5) is 0 Å². The number of carbonyl (C=O) groups excluding carboxylic acids is 1. The van der Waals surface area contributed by atoms with Crippen LogP contribution in [0.5, 0.6) is 5.75 Å². The van der Waals surface area contributed by atoms with Gasteiger partial charge in [-0.1, -0.05) is 0 Å². The van der Waals surface area contributed by atoms with Crippen molar-refractivity contribution < 1.29 is 9.53 Å². The molecular formula is C14H24N4O3. The molecule has 0 aliphatic heterocycles. The number of hydrogen-bond donors (Lipinski definition) is 2. The molecule has 0 saturated heterocycles. The Morgan fingerprint density at radius 2 is 2.24 bits per heavy atom. The van der Waals surface area contributed by atoms with Crippen LogP contribution in [0.3, 0.4) is 0 Å². The van der Waals surface area contributed by atoms with Crippen LogP contribution in [-0.2, 0) is 11.3 Å². The van der Waals surface area contributed by atoms with Gasteiger partial charge in [0.05, 0.1) is 0 Å². The third kappa shape index (κ3) is 6.42. The van der Waals surface area contributed by atoms with Gasteiger partial charge in [0.25, 0.3) is 5.56 Å². The fourth-order valence-corrected chi connectivity index (χ4v) is 1.66. The molecule has 0 atom stereocenters. The Balaban J connectivity index is 2.55. The van der Waals surface area contributed by atoms with Crippen molar-refractivity contribution in [3.8, 4) is 5.75 Å². The molecule has 0 unspecified atom stereocenters. The number of hydrogen-bond acceptors (Lipinski definition) is 5. The highest BCUT2D eigenvalue weighted by Gasteiger charge is 2.06. The summed E-state index contributed by atoms with van der Waals surface area (Å²) in [6, 6.07) is 3.38. The lowest BCUT2D eigenvalue weighted by molar-refractivity contribution is -0.121. The number of likely N-dealkylation sites (N-methyl/N-ethyl adjacent to an activating group) is 1. The van der Waals surface area contributed by atoms with E-state index in [9.17, 15) is 9.59 Å². The van der Waals surface area contributed by atoms with Crippen LogP contribution in [0, 0.1) is 0 Å². The number of carbonyl (C=O) groups is 1. The quantitative estimate of drug-likeness (QED) is 0.626. The van der Waals surface area contributed by atoms with Gasteiger partial charge in [-0.25, -0.2) is 0 Å². The Morgan fingerprint density at radius 1 is 1.48 bits per heavy atom. The molecule has 1 rings (SSSR count). The maximum atomic E-state index is 12.1. The lowest BCUT2D eigenvalue weighted by Gasteiger charge is -2.12. The van der Waals surface area contributed by atoms with Gasteiger partial charge < -0.3 is 25.3 Å². The maximum absolute atomic E-state index is 12.1. The minimum Gasteiger partial charge on any atom is -0.487 e. The number of pyridine rings is 1. The number of amides is 1. The third-order valence-electron chi connectivity index (χ3n) is 2.83. The van der Waals surface area contributed by atoms with E-state index in [1.54, 1.807) is 18.3 Å². The Kier molecular flexibility index (Phi) is 7.49. The van der Waals surface area contributed by atoms with Crippen molar-refractivity contribution in [2.24, 2.45) is 5.73 Å². The zero-order chi connectivity index (χ0) is 15.7. The molecule has 1 amide bonds. The molecule has 1 aromatic rings. The largest absolute Gasteiger partial charge is 0.487 e. The lowest BCUT2D eigenvalue weighted by atomic mass is 10.3. The Labute approximate surface area is 124 Å². The second kappa shape index (κ2) is 9.15. The second-order valence-corrected chi connectivity index (χ2v) is 4.91. The van der Waals surface area contributed by atoms with Crippen LogP contribution in [-0.4, -0.2) is 55.7 Å². The summed E-state index contributed by atoms with van der Waals surface area (Å²) in [7, 11) is 3.87. The Bertz CT molecular complexity index is 499. The van der Waals surface area contributed by atoms with Crippen LogP contribution in [0.15, 0.2) is 23.1 Å². The van der Waals surface area contributed by atoms with Gasteiger partial charge >= 0.3 is 0 Å². The third-order valence-corrected chi connectivity index (χ3v) is 2.83. The SMILES string of the molecule is CN(C)CCOc1cccn(CCC(=O)NCCN)c1=O. The predicted molar refractivity (Wildman–Crippen MR) is 81.4 cm³/mol. The zero-order valence-corrected chi connectivity index (χ0v) is 12.7. The zero-order valence-electron chi connectivity index (χ0n) is 12.7. The molecule has 3 N–H and O–H groups in total. The number of nitrogens with one attached hydrogen (secondary N) is 1. The predicted octanol–water partition coefficient (Wildman–Crippen LogP) is -0.746. The number of rotatable bonds is 9. The van der Waals surface area contributed by atoms with Crippen molar-refractivity contribution in [1.29, 1.82) is 0 Å². The summed E-state index contributed by atoms with van der Waals surface area (Å²) in [6.45, 7) is 2.35. The van der Waals surface area contributed by atoms with Gasteiger partial charge in [-0.05, 0) is 26.2 Å². The first kappa shape index (κ1) is 17.2. The van der Waals surface area contributed by atoms with Gasteiger partial charge in [0, 0.05) is 38.8 Å². The van der Waals surface area contributed by atoms with Crippen LogP contribution in [0.2, 0.25) is 0 Å². The molecule has 118 valence electrons. The normalized spacial score (nSPS) is 10.7. The summed E-state index contributed by atoms with van der Waals surface area (Å²) in [5.74, 6) is 0.188. The minimum atomic E-state index is -0.220. The molecule has 7 nitrogen and oxygen atoms in total. The number of aromatic nitrogens is 1. The van der Waals surface area contributed by atoms with E-state index < -0.39 is 0 Å². The van der Waals surface area contributed by atoms with Gasteiger partial charge in [0.15, 0.2) is 5.75 Å². The van der Waals surface area contributed by atoms with Crippen LogP contribution >= 0.6 is 0 Å². The Hall–Kier alpha value is -1.86. The lowest BCUT2D eigenvalue weighted by Crippen LogP contribution is -2.31. The molecule has 0 fully saturated rings. The first-order valence-electron chi connectivity index (χ1n) is 6.98. The van der Waals surface area contributed by atoms with E-state index >= 15 is 0 Å². The molecule has 7 heteroatoms. The molecule has 0 bridgehead atoms. The molecule has 0 radical (unpaired) electrons. The van der Waals surface area contributed by atoms with Gasteiger partial charge in [0.1, 0.15) is 6.61 Å². The topological polar surface area (TPSA) is 89.6 Å². The minimum absolute atomic E-state index is 0.119. The van der Waals surface area contributed by atoms with Crippen LogP contribution in [0.1, 0.15) is 6.42 Å². The standard InChI is InChI=1S/C14H24N4O3/c1-17(2)10-11-21-12-4-3-8-18(14(12)20)9-5-13(19)16-7-6-15/h3-4,8H,5-7,9-11,15H2,1-2H3,(H,16,19). The number of nitrogens with zero attached hydrogens (tertiary/aromatic N) is 2. The van der Waals surface area contributed by atoms with E-state index in [-0.39, 0.29) is 17.9 Å². The highest BCUT2D eigenvalue weighted by atomic mass is 16.5. The number of aryl methyl sites for hydroxylation is 1. The van der Waals surface area contributed by atoms with Crippen molar-refractivity contribution in [1.82, 2.24) is 14.8 Å². The molecule has 0 spiro atoms. The molecule has 0 saturated carbocycles. The molecule has 0 aliphatic rings. The number of nitrogens with two attached hydrogens (primary N) is 1. The van der Waals surface area contributed by atoms with Crippen molar-refractivity contribution in [3.05, 3.63) is 28.7 Å². The van der Waals surface area contributed by atoms with E-state index in [1.807, 2.05) is 19.0 Å². The fourth-order valence-electron chi connectivity index (χ4n) is 1.66. The summed E-state index contributed by atoms with van der Waals surface area (Å²) in [6.07, 6.45) is 1.89. The van der Waals surface area contributed by atoms with E-state index in [2.05, 4.69) is 5.32 Å². The first-order valence-corrected chi connectivity index (χ1v) is 6.98. The van der Waals surface area contributed by atoms with E-state index in [0.717, 1.165) is 6.54 Å². The van der Waals surface area contributed by atoms with Crippen molar-refractivity contribution in [2.75, 3.05) is 40.3 Å². The highest BCUT2D eigenvalue weighted by Crippen LogP contribution is 2.02. The average Bonchev–Trinajstić information content (AvgIpc) is 2.45. The highest BCUT2D eigenvalue weighted by molar-refractivity contribution is 5.75. The summed E-state index contributed by atoms with van der Waals surface area (Å²) < 4.78 is 6.95. The molecule has 0 aliphatic carbocycles. The van der Waals surface area contributed by atoms with Gasteiger partial charge in [-0.2, -0.15) is 0 Å². The van der Waals surface area contributed by atoms with Crippen molar-refractivity contribution >= 4 is 5.91 Å². The molecule has 1 heterocycles. The molecule has 21 heavy (non-hydrogen) atoms. The van der Waals surface area contributed by atoms with Gasteiger partial charge in [-0.3, -0.25) is 9.59 Å². The molecule has 1 aromatic heterocycles. The van der Waals surface area contributed by atoms with Crippen LogP contribution in [0.25, 0.3) is 0 Å². The fraction of sp³-hybridized carbons (Fsp3) is 0.571. The first-order chi connectivity index (χ1) is 10.0. The summed E-state index contributed by atoms with van der Waals surface area (Å²) in [4.78, 5) is 25.6. The molecular weight excluding hydrogens is 272 g/mol. The smallest absolute Gasteiger partial charge is 0.292 e. The number of ether oxygens (including phenoxy) is 1. The van der Waals surface area contributed by atoms with E-state index in [0.29, 0.717) is 32.0 Å². The van der Waals surface area contributed by atoms with E-state index in [1.165, 1.54) is 4.57 Å². The van der Waals surface area contributed by atoms with Crippen molar-refractivity contribution in [3.63, 3.8) is 0 Å².